The number of pyridine rings is 1. The van der Waals surface area contributed by atoms with Crippen LogP contribution in [0.1, 0.15) is 10.4 Å². The lowest BCUT2D eigenvalue weighted by atomic mass is 10.3. The molecule has 0 radical (unpaired) electrons. The van der Waals surface area contributed by atoms with E-state index in [4.69, 9.17) is 5.73 Å². The fraction of sp³-hybridized carbons (Fsp3) is 0.200. The molecule has 1 aromatic heterocycles. The van der Waals surface area contributed by atoms with Gasteiger partial charge in [-0.15, -0.1) is 0 Å². The van der Waals surface area contributed by atoms with Crippen molar-refractivity contribution in [1.82, 2.24) is 15.6 Å². The van der Waals surface area contributed by atoms with Crippen molar-refractivity contribution in [3.63, 3.8) is 0 Å². The van der Waals surface area contributed by atoms with Gasteiger partial charge in [0.05, 0.1) is 5.56 Å². The van der Waals surface area contributed by atoms with E-state index in [1.54, 1.807) is 18.3 Å². The van der Waals surface area contributed by atoms with Crippen molar-refractivity contribution >= 4 is 17.8 Å². The zero-order valence-electron chi connectivity index (χ0n) is 9.64. The number of carbonyl (C=O) groups is 1. The number of nitrogens with zero attached hydrogens (tertiary/aromatic N) is 3. The van der Waals surface area contributed by atoms with Crippen LogP contribution in [-0.4, -0.2) is 36.9 Å². The zero-order chi connectivity index (χ0) is 12.7. The number of aliphatic imine (C=N–C) groups is 2. The molecule has 1 aromatic rings. The Bertz CT molecular complexity index is 439. The van der Waals surface area contributed by atoms with Gasteiger partial charge in [0, 0.05) is 26.5 Å². The monoisotopic (exact) mass is 234 g/mol. The largest absolute Gasteiger partial charge is 0.370 e. The lowest BCUT2D eigenvalue weighted by Gasteiger charge is -2.09. The fourth-order valence-corrected chi connectivity index (χ4v) is 0.997. The Morgan fingerprint density at radius 3 is 2.65 bits per heavy atom. The molecule has 7 heteroatoms. The minimum Gasteiger partial charge on any atom is -0.370 e. The van der Waals surface area contributed by atoms with Crippen LogP contribution in [0, 0.1) is 0 Å². The molecular weight excluding hydrogens is 220 g/mol. The molecule has 0 aliphatic heterocycles. The van der Waals surface area contributed by atoms with Gasteiger partial charge >= 0.3 is 0 Å². The Kier molecular flexibility index (Phi) is 4.61. The fourth-order valence-electron chi connectivity index (χ4n) is 0.997. The maximum absolute atomic E-state index is 11.7. The summed E-state index contributed by atoms with van der Waals surface area (Å²) in [5, 5.41) is 5.19. The molecule has 0 atom stereocenters. The van der Waals surface area contributed by atoms with E-state index in [9.17, 15) is 4.79 Å². The third-order valence-electron chi connectivity index (χ3n) is 1.87. The van der Waals surface area contributed by atoms with E-state index in [1.807, 2.05) is 0 Å². The van der Waals surface area contributed by atoms with E-state index in [0.29, 0.717) is 5.56 Å². The molecular formula is C10H14N6O. The van der Waals surface area contributed by atoms with Gasteiger partial charge in [-0.25, -0.2) is 0 Å². The van der Waals surface area contributed by atoms with Crippen molar-refractivity contribution in [1.29, 1.82) is 0 Å². The Morgan fingerprint density at radius 1 is 1.35 bits per heavy atom. The lowest BCUT2D eigenvalue weighted by Crippen LogP contribution is -2.46. The van der Waals surface area contributed by atoms with Crippen molar-refractivity contribution in [3.05, 3.63) is 30.1 Å². The zero-order valence-corrected chi connectivity index (χ0v) is 9.64. The van der Waals surface area contributed by atoms with Gasteiger partial charge in [-0.2, -0.15) is 0 Å². The molecule has 1 rings (SSSR count). The third-order valence-corrected chi connectivity index (χ3v) is 1.87. The first-order valence-electron chi connectivity index (χ1n) is 4.84. The molecule has 1 heterocycles. The first kappa shape index (κ1) is 12.6. The summed E-state index contributed by atoms with van der Waals surface area (Å²) in [6.45, 7) is 0. The summed E-state index contributed by atoms with van der Waals surface area (Å²) < 4.78 is 0. The molecule has 0 aliphatic carbocycles. The minimum atomic E-state index is -0.324. The first-order valence-corrected chi connectivity index (χ1v) is 4.84. The SMILES string of the molecule is CN=C(N)NC(=NC)NC(=O)c1cccnc1. The Hall–Kier alpha value is -2.44. The Labute approximate surface area is 98.9 Å². The van der Waals surface area contributed by atoms with Gasteiger partial charge in [0.2, 0.25) is 5.96 Å². The summed E-state index contributed by atoms with van der Waals surface area (Å²) in [6, 6.07) is 3.32. The van der Waals surface area contributed by atoms with Gasteiger partial charge < -0.3 is 5.73 Å². The topological polar surface area (TPSA) is 105 Å². The molecule has 0 unspecified atom stereocenters. The Morgan fingerprint density at radius 2 is 2.12 bits per heavy atom. The quantitative estimate of drug-likeness (QED) is 0.442. The van der Waals surface area contributed by atoms with Crippen LogP contribution in [-0.2, 0) is 0 Å². The number of nitrogens with two attached hydrogens (primary N) is 1. The van der Waals surface area contributed by atoms with Gasteiger partial charge in [-0.3, -0.25) is 30.4 Å². The number of hydrogen-bond donors (Lipinski definition) is 3. The summed E-state index contributed by atoms with van der Waals surface area (Å²) in [5.41, 5.74) is 5.89. The normalized spacial score (nSPS) is 12.1. The van der Waals surface area contributed by atoms with E-state index >= 15 is 0 Å². The molecule has 0 bridgehead atoms. The summed E-state index contributed by atoms with van der Waals surface area (Å²) >= 11 is 0. The molecule has 7 nitrogen and oxygen atoms in total. The summed E-state index contributed by atoms with van der Waals surface area (Å²) in [6.07, 6.45) is 3.05. The summed E-state index contributed by atoms with van der Waals surface area (Å²) in [7, 11) is 3.05. The number of nitrogens with one attached hydrogen (secondary N) is 2. The third kappa shape index (κ3) is 3.90. The molecule has 0 saturated carbocycles. The number of rotatable bonds is 1. The average molecular weight is 234 g/mol. The number of hydrogen-bond acceptors (Lipinski definition) is 4. The van der Waals surface area contributed by atoms with Gasteiger partial charge in [0.15, 0.2) is 5.96 Å². The van der Waals surface area contributed by atoms with Gasteiger partial charge in [0.25, 0.3) is 5.91 Å². The van der Waals surface area contributed by atoms with E-state index in [1.165, 1.54) is 20.3 Å². The highest BCUT2D eigenvalue weighted by Crippen LogP contribution is 1.94. The van der Waals surface area contributed by atoms with Crippen molar-refractivity contribution < 1.29 is 4.79 Å². The lowest BCUT2D eigenvalue weighted by molar-refractivity contribution is 0.0976. The van der Waals surface area contributed by atoms with Crippen LogP contribution in [0.4, 0.5) is 0 Å². The van der Waals surface area contributed by atoms with Crippen molar-refractivity contribution in [3.8, 4) is 0 Å². The number of guanidine groups is 2. The molecule has 0 aliphatic rings. The summed E-state index contributed by atoms with van der Waals surface area (Å²) in [5.74, 6) is 0.0640. The molecule has 0 saturated heterocycles. The van der Waals surface area contributed by atoms with Crippen LogP contribution < -0.4 is 16.4 Å². The van der Waals surface area contributed by atoms with E-state index in [2.05, 4.69) is 25.6 Å². The van der Waals surface area contributed by atoms with Crippen LogP contribution >= 0.6 is 0 Å². The first-order chi connectivity index (χ1) is 8.17. The maximum atomic E-state index is 11.7. The average Bonchev–Trinajstić information content (AvgIpc) is 2.38. The van der Waals surface area contributed by atoms with E-state index < -0.39 is 0 Å². The van der Waals surface area contributed by atoms with Gasteiger partial charge in [-0.05, 0) is 12.1 Å². The van der Waals surface area contributed by atoms with Crippen LogP contribution in [0.2, 0.25) is 0 Å². The smallest absolute Gasteiger partial charge is 0.259 e. The molecule has 1 amide bonds. The van der Waals surface area contributed by atoms with Gasteiger partial charge in [0.1, 0.15) is 0 Å². The molecule has 17 heavy (non-hydrogen) atoms. The number of aromatic nitrogens is 1. The highest BCUT2D eigenvalue weighted by atomic mass is 16.1. The highest BCUT2D eigenvalue weighted by Gasteiger charge is 2.08. The molecule has 90 valence electrons. The predicted octanol–water partition coefficient (Wildman–Crippen LogP) is -0.669. The van der Waals surface area contributed by atoms with Crippen LogP contribution in [0.5, 0.6) is 0 Å². The number of carbonyl (C=O) groups excluding carboxylic acids is 1. The Balaban J connectivity index is 2.68. The second-order valence-corrected chi connectivity index (χ2v) is 3.00. The summed E-state index contributed by atoms with van der Waals surface area (Å²) in [4.78, 5) is 23.1. The second-order valence-electron chi connectivity index (χ2n) is 3.00. The van der Waals surface area contributed by atoms with E-state index in [0.717, 1.165) is 0 Å². The van der Waals surface area contributed by atoms with Crippen LogP contribution in [0.25, 0.3) is 0 Å². The molecule has 4 N–H and O–H groups in total. The van der Waals surface area contributed by atoms with Crippen LogP contribution in [0.3, 0.4) is 0 Å². The van der Waals surface area contributed by atoms with Crippen molar-refractivity contribution in [2.75, 3.05) is 14.1 Å². The second kappa shape index (κ2) is 6.21. The van der Waals surface area contributed by atoms with Crippen molar-refractivity contribution in [2.45, 2.75) is 0 Å². The molecule has 0 fully saturated rings. The molecule has 0 spiro atoms. The molecule has 0 aromatic carbocycles. The standard InChI is InChI=1S/C10H14N6O/c1-12-9(11)16-10(13-2)15-8(17)7-4-3-5-14-6-7/h3-6H,1-2H3,(H4,11,12,13,15,16,17). The van der Waals surface area contributed by atoms with E-state index in [-0.39, 0.29) is 17.8 Å². The van der Waals surface area contributed by atoms with Gasteiger partial charge in [-0.1, -0.05) is 0 Å². The van der Waals surface area contributed by atoms with Crippen LogP contribution in [0.15, 0.2) is 34.5 Å². The highest BCUT2D eigenvalue weighted by molar-refractivity contribution is 6.09. The number of amides is 1. The van der Waals surface area contributed by atoms with Crippen molar-refractivity contribution in [2.24, 2.45) is 15.7 Å². The minimum absolute atomic E-state index is 0.164. The predicted molar refractivity (Wildman–Crippen MR) is 65.7 cm³/mol. The maximum Gasteiger partial charge on any atom is 0.259 e.